The van der Waals surface area contributed by atoms with Gasteiger partial charge >= 0.3 is 0 Å². The van der Waals surface area contributed by atoms with Crippen LogP contribution in [0.4, 0.5) is 4.39 Å². The van der Waals surface area contributed by atoms with Crippen molar-refractivity contribution in [2.45, 2.75) is 19.9 Å². The first-order valence-electron chi connectivity index (χ1n) is 7.08. The van der Waals surface area contributed by atoms with Crippen molar-refractivity contribution >= 4 is 5.78 Å². The van der Waals surface area contributed by atoms with E-state index in [1.165, 1.54) is 23.3 Å². The number of ketones is 1. The van der Waals surface area contributed by atoms with Crippen LogP contribution in [0.25, 0.3) is 0 Å². The average molecular weight is 285 g/mol. The van der Waals surface area contributed by atoms with Gasteiger partial charge in [-0.25, -0.2) is 4.39 Å². The first kappa shape index (κ1) is 15.4. The molecule has 2 rings (SSSR count). The molecule has 0 bridgehead atoms. The lowest BCUT2D eigenvalue weighted by atomic mass is 10.1. The van der Waals surface area contributed by atoms with Gasteiger partial charge in [0.2, 0.25) is 0 Å². The van der Waals surface area contributed by atoms with Crippen molar-refractivity contribution in [3.8, 4) is 0 Å². The van der Waals surface area contributed by atoms with Crippen LogP contribution in [0.2, 0.25) is 0 Å². The molecule has 0 heterocycles. The molecule has 0 spiro atoms. The highest BCUT2D eigenvalue weighted by molar-refractivity contribution is 5.96. The van der Waals surface area contributed by atoms with Crippen LogP contribution in [-0.2, 0) is 6.54 Å². The maximum absolute atomic E-state index is 13.5. The van der Waals surface area contributed by atoms with Crippen LogP contribution in [0.15, 0.2) is 48.5 Å². The largest absolute Gasteiger partial charge is 0.302 e. The maximum Gasteiger partial charge on any atom is 0.167 e. The van der Waals surface area contributed by atoms with Gasteiger partial charge in [0.05, 0.1) is 5.56 Å². The summed E-state index contributed by atoms with van der Waals surface area (Å²) in [6.07, 6.45) is 0.323. The van der Waals surface area contributed by atoms with Crippen LogP contribution >= 0.6 is 0 Å². The molecular weight excluding hydrogens is 265 g/mol. The molecule has 0 aliphatic rings. The van der Waals surface area contributed by atoms with E-state index >= 15 is 0 Å². The Morgan fingerprint density at radius 3 is 2.62 bits per heavy atom. The zero-order valence-corrected chi connectivity index (χ0v) is 12.5. The third-order valence-corrected chi connectivity index (χ3v) is 3.43. The fraction of sp³-hybridized carbons (Fsp3) is 0.278. The summed E-state index contributed by atoms with van der Waals surface area (Å²) in [6, 6.07) is 14.4. The number of halogens is 1. The highest BCUT2D eigenvalue weighted by Gasteiger charge is 2.11. The molecule has 2 nitrogen and oxygen atoms in total. The lowest BCUT2D eigenvalue weighted by Gasteiger charge is -2.16. The first-order valence-corrected chi connectivity index (χ1v) is 7.08. The Kier molecular flexibility index (Phi) is 5.23. The van der Waals surface area contributed by atoms with Crippen molar-refractivity contribution in [3.63, 3.8) is 0 Å². The molecule has 0 radical (unpaired) electrons. The quantitative estimate of drug-likeness (QED) is 0.752. The second-order valence-electron chi connectivity index (χ2n) is 5.38. The normalized spacial score (nSPS) is 10.9. The van der Waals surface area contributed by atoms with E-state index in [1.807, 2.05) is 13.1 Å². The van der Waals surface area contributed by atoms with Crippen LogP contribution in [-0.4, -0.2) is 24.3 Å². The first-order chi connectivity index (χ1) is 10.1. The predicted molar refractivity (Wildman–Crippen MR) is 82.9 cm³/mol. The summed E-state index contributed by atoms with van der Waals surface area (Å²) in [6.45, 7) is 3.46. The predicted octanol–water partition coefficient (Wildman–Crippen LogP) is 3.84. The summed E-state index contributed by atoms with van der Waals surface area (Å²) in [4.78, 5) is 14.1. The lowest BCUT2D eigenvalue weighted by molar-refractivity contribution is 0.0964. The van der Waals surface area contributed by atoms with Crippen LogP contribution in [0.3, 0.4) is 0 Å². The van der Waals surface area contributed by atoms with E-state index in [-0.39, 0.29) is 11.3 Å². The molecule has 0 amide bonds. The van der Waals surface area contributed by atoms with Gasteiger partial charge in [0.25, 0.3) is 0 Å². The minimum atomic E-state index is -0.441. The van der Waals surface area contributed by atoms with E-state index in [0.717, 1.165) is 6.54 Å². The van der Waals surface area contributed by atoms with Crippen molar-refractivity contribution in [2.75, 3.05) is 13.6 Å². The number of carbonyl (C=O) groups excluding carboxylic acids is 1. The van der Waals surface area contributed by atoms with E-state index in [4.69, 9.17) is 0 Å². The minimum Gasteiger partial charge on any atom is -0.302 e. The molecule has 0 atom stereocenters. The molecular formula is C18H20FNO. The molecule has 0 aliphatic heterocycles. The summed E-state index contributed by atoms with van der Waals surface area (Å²) in [5.41, 5.74) is 2.63. The van der Waals surface area contributed by atoms with Crippen LogP contribution < -0.4 is 0 Å². The summed E-state index contributed by atoms with van der Waals surface area (Å²) in [5.74, 6) is -0.590. The number of nitrogens with zero attached hydrogens (tertiary/aromatic N) is 1. The Morgan fingerprint density at radius 2 is 1.90 bits per heavy atom. The zero-order valence-electron chi connectivity index (χ0n) is 12.5. The molecule has 0 aliphatic carbocycles. The van der Waals surface area contributed by atoms with Gasteiger partial charge in [0.1, 0.15) is 5.82 Å². The Labute approximate surface area is 125 Å². The van der Waals surface area contributed by atoms with E-state index in [1.54, 1.807) is 12.1 Å². The van der Waals surface area contributed by atoms with Gasteiger partial charge in [0, 0.05) is 19.5 Å². The third-order valence-electron chi connectivity index (χ3n) is 3.43. The number of Topliss-reactive ketones (excluding diaryl/α,β-unsaturated/α-hetero) is 1. The van der Waals surface area contributed by atoms with Gasteiger partial charge < -0.3 is 4.90 Å². The van der Waals surface area contributed by atoms with Crippen molar-refractivity contribution in [2.24, 2.45) is 0 Å². The van der Waals surface area contributed by atoms with Crippen LogP contribution in [0, 0.1) is 12.7 Å². The molecule has 3 heteroatoms. The fourth-order valence-corrected chi connectivity index (χ4v) is 2.32. The number of hydrogen-bond donors (Lipinski definition) is 0. The molecule has 0 fully saturated rings. The smallest absolute Gasteiger partial charge is 0.167 e. The number of rotatable bonds is 6. The number of benzene rings is 2. The third kappa shape index (κ3) is 4.50. The highest BCUT2D eigenvalue weighted by Crippen LogP contribution is 2.11. The summed E-state index contributed by atoms with van der Waals surface area (Å²) in [5, 5.41) is 0. The Bertz CT molecular complexity index is 624. The Morgan fingerprint density at radius 1 is 1.14 bits per heavy atom. The summed E-state index contributed by atoms with van der Waals surface area (Å²) in [7, 11) is 1.97. The molecule has 2 aromatic rings. The molecule has 0 N–H and O–H groups in total. The zero-order chi connectivity index (χ0) is 15.2. The van der Waals surface area contributed by atoms with E-state index < -0.39 is 5.82 Å². The van der Waals surface area contributed by atoms with E-state index in [2.05, 4.69) is 30.0 Å². The summed E-state index contributed by atoms with van der Waals surface area (Å²) >= 11 is 0. The molecule has 2 aromatic carbocycles. The summed E-state index contributed by atoms with van der Waals surface area (Å²) < 4.78 is 13.5. The van der Waals surface area contributed by atoms with Crippen molar-refractivity contribution < 1.29 is 9.18 Å². The fourth-order valence-electron chi connectivity index (χ4n) is 2.32. The molecule has 110 valence electrons. The maximum atomic E-state index is 13.5. The minimum absolute atomic E-state index is 0.149. The molecule has 21 heavy (non-hydrogen) atoms. The highest BCUT2D eigenvalue weighted by atomic mass is 19.1. The molecule has 0 saturated carbocycles. The van der Waals surface area contributed by atoms with Crippen molar-refractivity contribution in [1.82, 2.24) is 4.90 Å². The van der Waals surface area contributed by atoms with Gasteiger partial charge in [-0.3, -0.25) is 4.79 Å². The average Bonchev–Trinajstić information content (AvgIpc) is 2.45. The number of aryl methyl sites for hydroxylation is 1. The van der Waals surface area contributed by atoms with E-state index in [9.17, 15) is 9.18 Å². The number of hydrogen-bond acceptors (Lipinski definition) is 2. The van der Waals surface area contributed by atoms with Gasteiger partial charge in [-0.05, 0) is 31.7 Å². The molecule has 0 saturated heterocycles. The van der Waals surface area contributed by atoms with Crippen LogP contribution in [0.1, 0.15) is 27.9 Å². The van der Waals surface area contributed by atoms with Gasteiger partial charge in [-0.15, -0.1) is 0 Å². The molecule has 0 aromatic heterocycles. The van der Waals surface area contributed by atoms with Gasteiger partial charge in [-0.2, -0.15) is 0 Å². The Hall–Kier alpha value is -2.00. The van der Waals surface area contributed by atoms with E-state index in [0.29, 0.717) is 13.0 Å². The van der Waals surface area contributed by atoms with Crippen molar-refractivity contribution in [1.29, 1.82) is 0 Å². The second kappa shape index (κ2) is 7.14. The topological polar surface area (TPSA) is 20.3 Å². The van der Waals surface area contributed by atoms with Gasteiger partial charge in [0.15, 0.2) is 5.78 Å². The lowest BCUT2D eigenvalue weighted by Crippen LogP contribution is -2.21. The SMILES string of the molecule is Cc1cccc(CN(C)CCC(=O)c2ccccc2F)c1. The standard InChI is InChI=1S/C18H20FNO/c1-14-6-5-7-15(12-14)13-20(2)11-10-18(21)16-8-3-4-9-17(16)19/h3-9,12H,10-11,13H2,1-2H3. The van der Waals surface area contributed by atoms with Crippen molar-refractivity contribution in [3.05, 3.63) is 71.0 Å². The monoisotopic (exact) mass is 285 g/mol. The van der Waals surface area contributed by atoms with Crippen LogP contribution in [0.5, 0.6) is 0 Å². The Balaban J connectivity index is 1.88. The number of carbonyl (C=O) groups is 1. The molecule has 0 unspecified atom stereocenters. The second-order valence-corrected chi connectivity index (χ2v) is 5.38. The van der Waals surface area contributed by atoms with Gasteiger partial charge in [-0.1, -0.05) is 42.0 Å².